The molecule has 2 aromatic rings. The molecule has 0 spiro atoms. The molecule has 8 heteroatoms. The predicted molar refractivity (Wildman–Crippen MR) is 101 cm³/mol. The van der Waals surface area contributed by atoms with Crippen LogP contribution >= 0.6 is 0 Å². The van der Waals surface area contributed by atoms with Crippen molar-refractivity contribution in [1.29, 1.82) is 0 Å². The number of likely N-dealkylation sites (N-methyl/N-ethyl adjacent to an activating group) is 2. The van der Waals surface area contributed by atoms with Gasteiger partial charge in [-0.05, 0) is 24.3 Å². The van der Waals surface area contributed by atoms with Gasteiger partial charge in [-0.15, -0.1) is 0 Å². The van der Waals surface area contributed by atoms with E-state index >= 15 is 0 Å². The van der Waals surface area contributed by atoms with Crippen molar-refractivity contribution in [3.05, 3.63) is 48.3 Å². The molecule has 1 aliphatic rings. The molecule has 1 aliphatic heterocycles. The van der Waals surface area contributed by atoms with Crippen LogP contribution in [0.15, 0.2) is 42.6 Å². The molecular formula is C19H22N4O4. The highest BCUT2D eigenvalue weighted by molar-refractivity contribution is 5.98. The van der Waals surface area contributed by atoms with E-state index in [0.717, 1.165) is 5.69 Å². The van der Waals surface area contributed by atoms with Crippen LogP contribution in [-0.4, -0.2) is 56.2 Å². The molecule has 3 amide bonds. The Morgan fingerprint density at radius 1 is 1.41 bits per heavy atom. The SMILES string of the molecule is COC[C@@H](c1ccccn1)N(C)C(=O)Nc1ccc2c(c1)OCC(=O)N2C. The summed E-state index contributed by atoms with van der Waals surface area (Å²) in [6.45, 7) is 0.303. The third-order valence-corrected chi connectivity index (χ3v) is 4.44. The number of benzene rings is 1. The van der Waals surface area contributed by atoms with E-state index < -0.39 is 0 Å². The van der Waals surface area contributed by atoms with Crippen molar-refractivity contribution >= 4 is 23.3 Å². The second kappa shape index (κ2) is 8.05. The number of carbonyl (C=O) groups is 2. The van der Waals surface area contributed by atoms with Crippen LogP contribution in [0.3, 0.4) is 0 Å². The summed E-state index contributed by atoms with van der Waals surface area (Å²) in [6.07, 6.45) is 1.68. The largest absolute Gasteiger partial charge is 0.481 e. The predicted octanol–water partition coefficient (Wildman–Crippen LogP) is 2.29. The van der Waals surface area contributed by atoms with Crippen molar-refractivity contribution in [1.82, 2.24) is 9.88 Å². The fourth-order valence-electron chi connectivity index (χ4n) is 2.83. The molecule has 1 N–H and O–H groups in total. The highest BCUT2D eigenvalue weighted by Gasteiger charge is 2.25. The zero-order chi connectivity index (χ0) is 19.4. The number of anilines is 2. The molecule has 2 heterocycles. The molecule has 1 atom stereocenters. The van der Waals surface area contributed by atoms with Crippen LogP contribution in [0.25, 0.3) is 0 Å². The van der Waals surface area contributed by atoms with Crippen molar-refractivity contribution in [3.63, 3.8) is 0 Å². The third-order valence-electron chi connectivity index (χ3n) is 4.44. The maximum Gasteiger partial charge on any atom is 0.322 e. The van der Waals surface area contributed by atoms with E-state index in [4.69, 9.17) is 9.47 Å². The maximum absolute atomic E-state index is 12.7. The number of aromatic nitrogens is 1. The first-order valence-electron chi connectivity index (χ1n) is 8.48. The summed E-state index contributed by atoms with van der Waals surface area (Å²) in [6, 6.07) is 10.1. The monoisotopic (exact) mass is 370 g/mol. The van der Waals surface area contributed by atoms with E-state index in [2.05, 4.69) is 10.3 Å². The van der Waals surface area contributed by atoms with Gasteiger partial charge in [-0.25, -0.2) is 4.79 Å². The fraction of sp³-hybridized carbons (Fsp3) is 0.316. The Morgan fingerprint density at radius 3 is 2.93 bits per heavy atom. The first-order valence-corrected chi connectivity index (χ1v) is 8.48. The van der Waals surface area contributed by atoms with Gasteiger partial charge < -0.3 is 24.6 Å². The number of nitrogens with zero attached hydrogens (tertiary/aromatic N) is 3. The lowest BCUT2D eigenvalue weighted by atomic mass is 10.2. The number of nitrogens with one attached hydrogen (secondary N) is 1. The molecule has 0 unspecified atom stereocenters. The number of pyridine rings is 1. The van der Waals surface area contributed by atoms with Crippen LogP contribution in [0.4, 0.5) is 16.2 Å². The number of amides is 3. The Kier molecular flexibility index (Phi) is 5.56. The number of urea groups is 1. The highest BCUT2D eigenvalue weighted by Crippen LogP contribution is 2.33. The van der Waals surface area contributed by atoms with E-state index in [0.29, 0.717) is 23.7 Å². The number of fused-ring (bicyclic) bond motifs is 1. The Bertz CT molecular complexity index is 828. The second-order valence-corrected chi connectivity index (χ2v) is 6.19. The zero-order valence-electron chi connectivity index (χ0n) is 15.5. The van der Waals surface area contributed by atoms with Gasteiger partial charge >= 0.3 is 6.03 Å². The van der Waals surface area contributed by atoms with Crippen molar-refractivity contribution < 1.29 is 19.1 Å². The van der Waals surface area contributed by atoms with Crippen LogP contribution in [-0.2, 0) is 9.53 Å². The topological polar surface area (TPSA) is 84.0 Å². The van der Waals surface area contributed by atoms with Crippen LogP contribution in [0.1, 0.15) is 11.7 Å². The molecule has 0 saturated carbocycles. The minimum absolute atomic E-state index is 0.0175. The van der Waals surface area contributed by atoms with Gasteiger partial charge in [-0.1, -0.05) is 6.07 Å². The Morgan fingerprint density at radius 2 is 2.22 bits per heavy atom. The summed E-state index contributed by atoms with van der Waals surface area (Å²) in [5, 5.41) is 2.85. The van der Waals surface area contributed by atoms with Gasteiger partial charge in [-0.3, -0.25) is 9.78 Å². The molecule has 0 radical (unpaired) electrons. The minimum Gasteiger partial charge on any atom is -0.481 e. The average molecular weight is 370 g/mol. The molecule has 0 saturated heterocycles. The lowest BCUT2D eigenvalue weighted by molar-refractivity contribution is -0.120. The van der Waals surface area contributed by atoms with Gasteiger partial charge in [-0.2, -0.15) is 0 Å². The normalized spacial score (nSPS) is 14.2. The number of methoxy groups -OCH3 is 1. The number of rotatable bonds is 5. The number of carbonyl (C=O) groups excluding carboxylic acids is 2. The first kappa shape index (κ1) is 18.7. The first-order chi connectivity index (χ1) is 13.0. The number of ether oxygens (including phenoxy) is 2. The van der Waals surface area contributed by atoms with Crippen molar-refractivity contribution in [2.45, 2.75) is 6.04 Å². The van der Waals surface area contributed by atoms with Crippen LogP contribution in [0, 0.1) is 0 Å². The maximum atomic E-state index is 12.7. The fourth-order valence-corrected chi connectivity index (χ4v) is 2.83. The molecule has 0 bridgehead atoms. The Hall–Kier alpha value is -3.13. The van der Waals surface area contributed by atoms with Crippen molar-refractivity contribution in [2.24, 2.45) is 0 Å². The minimum atomic E-state index is -0.325. The molecule has 27 heavy (non-hydrogen) atoms. The lowest BCUT2D eigenvalue weighted by Gasteiger charge is -2.28. The van der Waals surface area contributed by atoms with E-state index in [1.165, 1.54) is 4.90 Å². The molecule has 0 fully saturated rings. The second-order valence-electron chi connectivity index (χ2n) is 6.19. The molecule has 142 valence electrons. The number of hydrogen-bond donors (Lipinski definition) is 1. The smallest absolute Gasteiger partial charge is 0.322 e. The standard InChI is InChI=1S/C19H22N4O4/c1-22-15-8-7-13(10-17(15)27-12-18(22)24)21-19(25)23(2)16(11-26-3)14-6-4-5-9-20-14/h4-10,16H,11-12H2,1-3H3,(H,21,25)/t16-/m0/s1. The molecule has 8 nitrogen and oxygen atoms in total. The quantitative estimate of drug-likeness (QED) is 0.873. The van der Waals surface area contributed by atoms with Crippen molar-refractivity contribution in [2.75, 3.05) is 44.6 Å². The molecule has 3 rings (SSSR count). The van der Waals surface area contributed by atoms with Gasteiger partial charge in [0.2, 0.25) is 0 Å². The van der Waals surface area contributed by atoms with Crippen molar-refractivity contribution in [3.8, 4) is 5.75 Å². The summed E-state index contributed by atoms with van der Waals surface area (Å²) < 4.78 is 10.7. The van der Waals surface area contributed by atoms with Crippen LogP contribution in [0.5, 0.6) is 5.75 Å². The van der Waals surface area contributed by atoms with Gasteiger partial charge in [0, 0.05) is 39.2 Å². The van der Waals surface area contributed by atoms with Gasteiger partial charge in [0.25, 0.3) is 5.91 Å². The summed E-state index contributed by atoms with van der Waals surface area (Å²) in [5.41, 5.74) is 1.99. The lowest BCUT2D eigenvalue weighted by Crippen LogP contribution is -2.37. The van der Waals surface area contributed by atoms with E-state index in [1.807, 2.05) is 18.2 Å². The summed E-state index contributed by atoms with van der Waals surface area (Å²) in [4.78, 5) is 31.8. The van der Waals surface area contributed by atoms with E-state index in [9.17, 15) is 9.59 Å². The van der Waals surface area contributed by atoms with Gasteiger partial charge in [0.1, 0.15) is 5.75 Å². The molecular weight excluding hydrogens is 348 g/mol. The average Bonchev–Trinajstić information content (AvgIpc) is 2.69. The number of hydrogen-bond acceptors (Lipinski definition) is 5. The zero-order valence-corrected chi connectivity index (χ0v) is 15.5. The van der Waals surface area contributed by atoms with E-state index in [-0.39, 0.29) is 24.6 Å². The van der Waals surface area contributed by atoms with Crippen LogP contribution in [0.2, 0.25) is 0 Å². The van der Waals surface area contributed by atoms with Crippen LogP contribution < -0.4 is 15.0 Å². The Balaban J connectivity index is 1.75. The molecule has 1 aromatic carbocycles. The third kappa shape index (κ3) is 4.01. The summed E-state index contributed by atoms with van der Waals surface area (Å²) >= 11 is 0. The Labute approximate surface area is 157 Å². The van der Waals surface area contributed by atoms with E-state index in [1.54, 1.807) is 50.5 Å². The molecule has 1 aromatic heterocycles. The summed E-state index contributed by atoms with van der Waals surface area (Å²) in [7, 11) is 4.97. The summed E-state index contributed by atoms with van der Waals surface area (Å²) in [5.74, 6) is 0.438. The molecule has 0 aliphatic carbocycles. The highest BCUT2D eigenvalue weighted by atomic mass is 16.5. The van der Waals surface area contributed by atoms with Gasteiger partial charge in [0.05, 0.1) is 24.0 Å². The van der Waals surface area contributed by atoms with Gasteiger partial charge in [0.15, 0.2) is 6.61 Å².